The van der Waals surface area contributed by atoms with Gasteiger partial charge in [-0.2, -0.15) is 0 Å². The molecule has 0 aliphatic carbocycles. The molecule has 0 unspecified atom stereocenters. The van der Waals surface area contributed by atoms with E-state index in [1.54, 1.807) is 0 Å². The highest BCUT2D eigenvalue weighted by Crippen LogP contribution is 2.22. The molecular weight excluding hydrogens is 236 g/mol. The van der Waals surface area contributed by atoms with Crippen LogP contribution in [0.5, 0.6) is 5.75 Å². The smallest absolute Gasteiger partial charge is 0.119 e. The van der Waals surface area contributed by atoms with Crippen LogP contribution in [0.4, 0.5) is 0 Å². The molecule has 0 amide bonds. The zero-order valence-corrected chi connectivity index (χ0v) is 9.89. The molecule has 0 radical (unpaired) electrons. The Morgan fingerprint density at radius 3 is 1.79 bits per heavy atom. The molecule has 0 aromatic heterocycles. The van der Waals surface area contributed by atoms with E-state index in [2.05, 4.69) is 31.2 Å². The molecule has 2 rings (SSSR count). The quantitative estimate of drug-likeness (QED) is 0.887. The first kappa shape index (κ1) is 17.2. The summed E-state index contributed by atoms with van der Waals surface area (Å²) in [6, 6.07) is 16.3. The Labute approximate surface area is 116 Å². The van der Waals surface area contributed by atoms with E-state index < -0.39 is 0 Å². The molecule has 0 atom stereocenters. The zero-order chi connectivity index (χ0) is 12.1. The van der Waals surface area contributed by atoms with Crippen LogP contribution < -0.4 is 4.74 Å². The summed E-state index contributed by atoms with van der Waals surface area (Å²) in [7, 11) is 0. The summed E-state index contributed by atoms with van der Waals surface area (Å²) in [5.41, 5.74) is 3.63. The van der Waals surface area contributed by atoms with E-state index in [9.17, 15) is 0 Å². The Hall–Kier alpha value is -1.80. The van der Waals surface area contributed by atoms with Crippen LogP contribution >= 0.6 is 0 Å². The van der Waals surface area contributed by atoms with E-state index in [-0.39, 0.29) is 21.5 Å². The molecule has 1 N–H and O–H groups in total. The van der Waals surface area contributed by atoms with Crippen LogP contribution in [0.3, 0.4) is 0 Å². The first-order chi connectivity index (χ1) is 8.29. The molecule has 0 heterocycles. The van der Waals surface area contributed by atoms with Crippen LogP contribution in [-0.2, 0) is 0 Å². The van der Waals surface area contributed by atoms with E-state index >= 15 is 0 Å². The minimum atomic E-state index is 0. The molecule has 104 valence electrons. The van der Waals surface area contributed by atoms with Crippen molar-refractivity contribution in [1.29, 1.82) is 0 Å². The molecular formula is C17H24O2. The summed E-state index contributed by atoms with van der Waals surface area (Å²) in [5.74, 6) is 0.787. The second kappa shape index (κ2) is 8.33. The highest BCUT2D eigenvalue weighted by molar-refractivity contribution is 5.64. The summed E-state index contributed by atoms with van der Waals surface area (Å²) in [5, 5.41) is 8.66. The maximum Gasteiger partial charge on any atom is 0.119 e. The van der Waals surface area contributed by atoms with Crippen molar-refractivity contribution in [2.24, 2.45) is 0 Å². The van der Waals surface area contributed by atoms with Gasteiger partial charge in [-0.15, -0.1) is 0 Å². The topological polar surface area (TPSA) is 29.5 Å². The van der Waals surface area contributed by atoms with E-state index in [4.69, 9.17) is 9.84 Å². The predicted molar refractivity (Wildman–Crippen MR) is 82.7 cm³/mol. The van der Waals surface area contributed by atoms with Crippen molar-refractivity contribution < 1.29 is 9.84 Å². The van der Waals surface area contributed by atoms with Gasteiger partial charge in [-0.05, 0) is 30.2 Å². The molecule has 19 heavy (non-hydrogen) atoms. The van der Waals surface area contributed by atoms with Crippen LogP contribution in [0.1, 0.15) is 20.4 Å². The Morgan fingerprint density at radius 1 is 0.842 bits per heavy atom. The fraction of sp³-hybridized carbons (Fsp3) is 0.294. The van der Waals surface area contributed by atoms with Gasteiger partial charge >= 0.3 is 0 Å². The molecule has 2 aromatic rings. The average Bonchev–Trinajstić information content (AvgIpc) is 2.38. The lowest BCUT2D eigenvalue weighted by Gasteiger charge is -2.06. The lowest BCUT2D eigenvalue weighted by molar-refractivity contribution is 0.201. The van der Waals surface area contributed by atoms with E-state index in [0.717, 1.165) is 5.75 Å². The summed E-state index contributed by atoms with van der Waals surface area (Å²) < 4.78 is 5.32. The van der Waals surface area contributed by atoms with E-state index in [1.807, 2.05) is 24.3 Å². The fourth-order valence-corrected chi connectivity index (χ4v) is 1.65. The second-order valence-electron chi connectivity index (χ2n) is 3.96. The van der Waals surface area contributed by atoms with Gasteiger partial charge in [0.1, 0.15) is 12.4 Å². The molecule has 0 saturated carbocycles. The normalized spacial score (nSPS) is 9.16. The Bertz CT molecular complexity index is 458. The first-order valence-corrected chi connectivity index (χ1v) is 5.70. The minimum Gasteiger partial charge on any atom is -0.491 e. The van der Waals surface area contributed by atoms with Crippen molar-refractivity contribution in [2.45, 2.75) is 21.8 Å². The summed E-state index contributed by atoms with van der Waals surface area (Å²) in [4.78, 5) is 0. The zero-order valence-electron chi connectivity index (χ0n) is 9.89. The highest BCUT2D eigenvalue weighted by Gasteiger charge is 1.98. The van der Waals surface area contributed by atoms with Crippen molar-refractivity contribution in [2.75, 3.05) is 13.2 Å². The van der Waals surface area contributed by atoms with Crippen molar-refractivity contribution in [1.82, 2.24) is 0 Å². The molecule has 0 spiro atoms. The predicted octanol–water partition coefficient (Wildman–Crippen LogP) is 4.31. The first-order valence-electron chi connectivity index (χ1n) is 5.70. The van der Waals surface area contributed by atoms with Gasteiger partial charge in [0.05, 0.1) is 6.61 Å². The molecule has 0 fully saturated rings. The fourth-order valence-electron chi connectivity index (χ4n) is 1.65. The van der Waals surface area contributed by atoms with Gasteiger partial charge < -0.3 is 9.84 Å². The third-order valence-corrected chi connectivity index (χ3v) is 2.60. The Kier molecular flexibility index (Phi) is 7.54. The number of hydrogen-bond acceptors (Lipinski definition) is 2. The number of aliphatic hydroxyl groups is 1. The molecule has 2 heteroatoms. The maximum absolute atomic E-state index is 8.66. The van der Waals surface area contributed by atoms with E-state index in [1.165, 1.54) is 16.7 Å². The summed E-state index contributed by atoms with van der Waals surface area (Å²) in [6.45, 7) is 2.46. The third kappa shape index (κ3) is 4.76. The molecule has 2 aromatic carbocycles. The highest BCUT2D eigenvalue weighted by atomic mass is 16.5. The monoisotopic (exact) mass is 260 g/mol. The number of benzene rings is 2. The van der Waals surface area contributed by atoms with Gasteiger partial charge in [0, 0.05) is 0 Å². The number of aliphatic hydroxyl groups excluding tert-OH is 1. The standard InChI is InChI=1S/C15H16O2.2CH4/c1-12-2-4-13(5-3-12)14-6-8-15(9-7-14)17-11-10-16;;/h2-9,16H,10-11H2,1H3;2*1H4. The van der Waals surface area contributed by atoms with Gasteiger partial charge in [0.15, 0.2) is 0 Å². The Balaban J connectivity index is 0.00000162. The maximum atomic E-state index is 8.66. The average molecular weight is 260 g/mol. The lowest BCUT2D eigenvalue weighted by atomic mass is 10.0. The van der Waals surface area contributed by atoms with Crippen LogP contribution in [0.15, 0.2) is 48.5 Å². The van der Waals surface area contributed by atoms with Gasteiger partial charge in [-0.3, -0.25) is 0 Å². The molecule has 0 bridgehead atoms. The van der Waals surface area contributed by atoms with Crippen LogP contribution in [0.25, 0.3) is 11.1 Å². The van der Waals surface area contributed by atoms with Crippen molar-refractivity contribution in [3.05, 3.63) is 54.1 Å². The largest absolute Gasteiger partial charge is 0.491 e. The van der Waals surface area contributed by atoms with Crippen molar-refractivity contribution in [3.8, 4) is 16.9 Å². The summed E-state index contributed by atoms with van der Waals surface area (Å²) in [6.07, 6.45) is 0. The van der Waals surface area contributed by atoms with Crippen molar-refractivity contribution >= 4 is 0 Å². The molecule has 0 aliphatic rings. The van der Waals surface area contributed by atoms with Gasteiger partial charge in [0.25, 0.3) is 0 Å². The molecule has 0 aliphatic heterocycles. The van der Waals surface area contributed by atoms with Gasteiger partial charge in [-0.1, -0.05) is 56.8 Å². The van der Waals surface area contributed by atoms with Crippen molar-refractivity contribution in [3.63, 3.8) is 0 Å². The molecule has 0 saturated heterocycles. The second-order valence-corrected chi connectivity index (χ2v) is 3.96. The van der Waals surface area contributed by atoms with E-state index in [0.29, 0.717) is 6.61 Å². The lowest BCUT2D eigenvalue weighted by Crippen LogP contribution is -2.01. The third-order valence-electron chi connectivity index (χ3n) is 2.60. The van der Waals surface area contributed by atoms with Gasteiger partial charge in [0.2, 0.25) is 0 Å². The number of rotatable bonds is 4. The van der Waals surface area contributed by atoms with Crippen LogP contribution in [0.2, 0.25) is 0 Å². The van der Waals surface area contributed by atoms with Crippen LogP contribution in [-0.4, -0.2) is 18.3 Å². The van der Waals surface area contributed by atoms with Gasteiger partial charge in [-0.25, -0.2) is 0 Å². The van der Waals surface area contributed by atoms with Crippen LogP contribution in [0, 0.1) is 6.92 Å². The number of ether oxygens (including phenoxy) is 1. The number of aryl methyl sites for hydroxylation is 1. The summed E-state index contributed by atoms with van der Waals surface area (Å²) >= 11 is 0. The molecule has 2 nitrogen and oxygen atoms in total. The number of hydrogen-bond donors (Lipinski definition) is 1. The SMILES string of the molecule is C.C.Cc1ccc(-c2ccc(OCCO)cc2)cc1. The Morgan fingerprint density at radius 2 is 1.32 bits per heavy atom. The minimum absolute atomic E-state index is 0.